The Kier molecular flexibility index (Phi) is 5.15. The second-order valence-electron chi connectivity index (χ2n) is 3.47. The van der Waals surface area contributed by atoms with E-state index < -0.39 is 0 Å². The molecule has 0 saturated heterocycles. The number of rotatable bonds is 5. The highest BCUT2D eigenvalue weighted by Crippen LogP contribution is 2.17. The van der Waals surface area contributed by atoms with Crippen molar-refractivity contribution in [2.45, 2.75) is 13.0 Å². The maximum atomic E-state index is 5.46. The van der Waals surface area contributed by atoms with Crippen molar-refractivity contribution in [2.75, 3.05) is 20.1 Å². The van der Waals surface area contributed by atoms with Gasteiger partial charge < -0.3 is 10.6 Å². The molecule has 2 N–H and O–H groups in total. The van der Waals surface area contributed by atoms with Gasteiger partial charge in [-0.25, -0.2) is 0 Å². The normalized spacial score (nSPS) is 10.9. The van der Waals surface area contributed by atoms with Gasteiger partial charge in [-0.3, -0.25) is 0 Å². The van der Waals surface area contributed by atoms with E-state index in [0.29, 0.717) is 0 Å². The first-order valence-electron chi connectivity index (χ1n) is 4.86. The topological polar surface area (TPSA) is 29.3 Å². The summed E-state index contributed by atoms with van der Waals surface area (Å²) in [7, 11) is 2.12. The molecule has 1 aromatic carbocycles. The molecule has 14 heavy (non-hydrogen) atoms. The minimum absolute atomic E-state index is 0.764. The summed E-state index contributed by atoms with van der Waals surface area (Å²) in [4.78, 5) is 2.28. The Balaban J connectivity index is 2.47. The number of hydrogen-bond acceptors (Lipinski definition) is 2. The minimum Gasteiger partial charge on any atom is -0.330 e. The summed E-state index contributed by atoms with van der Waals surface area (Å²) >= 11 is 3.54. The summed E-state index contributed by atoms with van der Waals surface area (Å²) in [5.74, 6) is 0. The molecule has 0 aliphatic carbocycles. The summed E-state index contributed by atoms with van der Waals surface area (Å²) in [5, 5.41) is 0. The van der Waals surface area contributed by atoms with Crippen LogP contribution in [0.15, 0.2) is 28.7 Å². The van der Waals surface area contributed by atoms with E-state index >= 15 is 0 Å². The van der Waals surface area contributed by atoms with E-state index in [9.17, 15) is 0 Å². The molecule has 0 atom stereocenters. The number of benzene rings is 1. The summed E-state index contributed by atoms with van der Waals surface area (Å²) in [6, 6.07) is 8.32. The van der Waals surface area contributed by atoms with Crippen molar-refractivity contribution in [3.8, 4) is 0 Å². The summed E-state index contributed by atoms with van der Waals surface area (Å²) in [6.45, 7) is 2.79. The van der Waals surface area contributed by atoms with Crippen LogP contribution in [0.1, 0.15) is 12.0 Å². The Bertz CT molecular complexity index is 276. The predicted molar refractivity (Wildman–Crippen MR) is 64.1 cm³/mol. The fraction of sp³-hybridized carbons (Fsp3) is 0.455. The van der Waals surface area contributed by atoms with Crippen molar-refractivity contribution >= 4 is 15.9 Å². The van der Waals surface area contributed by atoms with Gasteiger partial charge in [0.1, 0.15) is 0 Å². The monoisotopic (exact) mass is 256 g/mol. The van der Waals surface area contributed by atoms with Crippen LogP contribution in [0, 0.1) is 0 Å². The van der Waals surface area contributed by atoms with E-state index in [0.717, 1.165) is 26.1 Å². The van der Waals surface area contributed by atoms with Crippen molar-refractivity contribution in [1.82, 2.24) is 4.90 Å². The van der Waals surface area contributed by atoms with Crippen molar-refractivity contribution in [2.24, 2.45) is 5.73 Å². The average Bonchev–Trinajstić information content (AvgIpc) is 2.18. The summed E-state index contributed by atoms with van der Waals surface area (Å²) in [5.41, 5.74) is 6.79. The second kappa shape index (κ2) is 6.17. The third kappa shape index (κ3) is 3.78. The first kappa shape index (κ1) is 11.7. The molecule has 0 unspecified atom stereocenters. The molecular formula is C11H17BrN2. The molecule has 0 radical (unpaired) electrons. The molecule has 0 aromatic heterocycles. The van der Waals surface area contributed by atoms with Crippen LogP contribution < -0.4 is 5.73 Å². The highest BCUT2D eigenvalue weighted by atomic mass is 79.9. The average molecular weight is 257 g/mol. The van der Waals surface area contributed by atoms with Crippen LogP contribution in [0.4, 0.5) is 0 Å². The van der Waals surface area contributed by atoms with Crippen LogP contribution in [-0.2, 0) is 6.54 Å². The predicted octanol–water partition coefficient (Wildman–Crippen LogP) is 2.23. The lowest BCUT2D eigenvalue weighted by Crippen LogP contribution is -2.21. The van der Waals surface area contributed by atoms with Gasteiger partial charge >= 0.3 is 0 Å². The number of hydrogen-bond donors (Lipinski definition) is 1. The quantitative estimate of drug-likeness (QED) is 0.876. The molecule has 1 aromatic rings. The van der Waals surface area contributed by atoms with Gasteiger partial charge in [-0.1, -0.05) is 34.1 Å². The van der Waals surface area contributed by atoms with Crippen LogP contribution in [-0.4, -0.2) is 25.0 Å². The summed E-state index contributed by atoms with van der Waals surface area (Å²) < 4.78 is 1.18. The smallest absolute Gasteiger partial charge is 0.0241 e. The van der Waals surface area contributed by atoms with Gasteiger partial charge in [0, 0.05) is 11.0 Å². The Morgan fingerprint density at radius 1 is 1.36 bits per heavy atom. The first-order chi connectivity index (χ1) is 6.74. The van der Waals surface area contributed by atoms with Crippen molar-refractivity contribution in [3.63, 3.8) is 0 Å². The fourth-order valence-corrected chi connectivity index (χ4v) is 1.77. The van der Waals surface area contributed by atoms with Gasteiger partial charge in [0.2, 0.25) is 0 Å². The molecule has 0 bridgehead atoms. The largest absolute Gasteiger partial charge is 0.330 e. The van der Waals surface area contributed by atoms with Crippen molar-refractivity contribution in [3.05, 3.63) is 34.3 Å². The SMILES string of the molecule is CN(CCCN)Cc1ccccc1Br. The molecule has 0 aliphatic rings. The van der Waals surface area contributed by atoms with Gasteiger partial charge in [0.25, 0.3) is 0 Å². The maximum Gasteiger partial charge on any atom is 0.0241 e. The third-order valence-corrected chi connectivity index (χ3v) is 2.92. The first-order valence-corrected chi connectivity index (χ1v) is 5.65. The van der Waals surface area contributed by atoms with E-state index in [1.807, 2.05) is 6.07 Å². The number of nitrogens with zero attached hydrogens (tertiary/aromatic N) is 1. The van der Waals surface area contributed by atoms with Crippen LogP contribution in [0.2, 0.25) is 0 Å². The lowest BCUT2D eigenvalue weighted by Gasteiger charge is -2.16. The molecule has 0 fully saturated rings. The Hall–Kier alpha value is -0.380. The van der Waals surface area contributed by atoms with Crippen molar-refractivity contribution < 1.29 is 0 Å². The summed E-state index contributed by atoms with van der Waals surface area (Å²) in [6.07, 6.45) is 1.06. The van der Waals surface area contributed by atoms with Crippen LogP contribution >= 0.6 is 15.9 Å². The van der Waals surface area contributed by atoms with Crippen molar-refractivity contribution in [1.29, 1.82) is 0 Å². The zero-order valence-electron chi connectivity index (χ0n) is 8.54. The fourth-order valence-electron chi connectivity index (χ4n) is 1.36. The highest BCUT2D eigenvalue weighted by Gasteiger charge is 2.02. The van der Waals surface area contributed by atoms with Crippen LogP contribution in [0.3, 0.4) is 0 Å². The molecule has 78 valence electrons. The second-order valence-corrected chi connectivity index (χ2v) is 4.33. The molecule has 3 heteroatoms. The molecule has 0 heterocycles. The van der Waals surface area contributed by atoms with E-state index in [-0.39, 0.29) is 0 Å². The Morgan fingerprint density at radius 3 is 2.71 bits per heavy atom. The standard InChI is InChI=1S/C11H17BrN2/c1-14(8-4-7-13)9-10-5-2-3-6-11(10)12/h2-3,5-6H,4,7-9,13H2,1H3. The van der Waals surface area contributed by atoms with Gasteiger partial charge in [-0.05, 0) is 38.2 Å². The maximum absolute atomic E-state index is 5.46. The van der Waals surface area contributed by atoms with Gasteiger partial charge in [0.15, 0.2) is 0 Å². The Labute approximate surface area is 94.2 Å². The molecule has 0 aliphatic heterocycles. The van der Waals surface area contributed by atoms with E-state index in [1.165, 1.54) is 10.0 Å². The zero-order valence-corrected chi connectivity index (χ0v) is 10.1. The van der Waals surface area contributed by atoms with Gasteiger partial charge in [-0.2, -0.15) is 0 Å². The zero-order chi connectivity index (χ0) is 10.4. The van der Waals surface area contributed by atoms with E-state index in [1.54, 1.807) is 0 Å². The van der Waals surface area contributed by atoms with E-state index in [2.05, 4.69) is 46.1 Å². The lowest BCUT2D eigenvalue weighted by atomic mass is 10.2. The Morgan fingerprint density at radius 2 is 2.07 bits per heavy atom. The lowest BCUT2D eigenvalue weighted by molar-refractivity contribution is 0.323. The molecule has 0 amide bonds. The third-order valence-electron chi connectivity index (χ3n) is 2.14. The van der Waals surface area contributed by atoms with Gasteiger partial charge in [0.05, 0.1) is 0 Å². The number of halogens is 1. The number of nitrogens with two attached hydrogens (primary N) is 1. The molecule has 1 rings (SSSR count). The molecule has 2 nitrogen and oxygen atoms in total. The molecule has 0 saturated carbocycles. The van der Waals surface area contributed by atoms with E-state index in [4.69, 9.17) is 5.73 Å². The van der Waals surface area contributed by atoms with Gasteiger partial charge in [-0.15, -0.1) is 0 Å². The van der Waals surface area contributed by atoms with Crippen LogP contribution in [0.25, 0.3) is 0 Å². The molecular weight excluding hydrogens is 240 g/mol. The highest BCUT2D eigenvalue weighted by molar-refractivity contribution is 9.10. The van der Waals surface area contributed by atoms with Crippen LogP contribution in [0.5, 0.6) is 0 Å². The minimum atomic E-state index is 0.764. The molecule has 0 spiro atoms.